The van der Waals surface area contributed by atoms with Gasteiger partial charge < -0.3 is 4.74 Å². The number of benzene rings is 2. The summed E-state index contributed by atoms with van der Waals surface area (Å²) in [5, 5.41) is 0. The summed E-state index contributed by atoms with van der Waals surface area (Å²) in [4.78, 5) is 0.319. The number of methoxy groups -OCH3 is 1. The minimum absolute atomic E-state index is 0.310. The van der Waals surface area contributed by atoms with E-state index in [4.69, 9.17) is 4.74 Å². The Bertz CT molecular complexity index is 834. The highest BCUT2D eigenvalue weighted by molar-refractivity contribution is 7.89. The van der Waals surface area contributed by atoms with E-state index in [2.05, 4.69) is 4.72 Å². The van der Waals surface area contributed by atoms with E-state index in [9.17, 15) is 8.42 Å². The molecule has 24 heavy (non-hydrogen) atoms. The molecule has 1 atom stereocenters. The first-order valence-electron chi connectivity index (χ1n) is 7.90. The molecular weight excluding hydrogens is 322 g/mol. The van der Waals surface area contributed by atoms with E-state index in [1.807, 2.05) is 39.0 Å². The standard InChI is InChI=1S/C19H25NO3S/c1-12-7-8-17(9-13(12)2)16(5)20-24(21,22)19-14(3)10-18(23-6)11-15(19)4/h7-11,16,20H,1-6H3/t16-/m0/s1. The van der Waals surface area contributed by atoms with Gasteiger partial charge in [-0.3, -0.25) is 0 Å². The molecule has 2 aromatic carbocycles. The van der Waals surface area contributed by atoms with Gasteiger partial charge in [0.2, 0.25) is 10.0 Å². The fourth-order valence-electron chi connectivity index (χ4n) is 2.85. The lowest BCUT2D eigenvalue weighted by Gasteiger charge is -2.18. The number of nitrogens with one attached hydrogen (secondary N) is 1. The van der Waals surface area contributed by atoms with E-state index >= 15 is 0 Å². The number of sulfonamides is 1. The second-order valence-electron chi connectivity index (χ2n) is 6.28. The van der Waals surface area contributed by atoms with Gasteiger partial charge in [-0.2, -0.15) is 0 Å². The first kappa shape index (κ1) is 18.5. The predicted octanol–water partition coefficient (Wildman–Crippen LogP) is 3.97. The van der Waals surface area contributed by atoms with Crippen LogP contribution in [0.5, 0.6) is 5.75 Å². The van der Waals surface area contributed by atoms with Crippen LogP contribution in [0.4, 0.5) is 0 Å². The zero-order chi connectivity index (χ0) is 18.1. The van der Waals surface area contributed by atoms with Crippen LogP contribution in [0.2, 0.25) is 0 Å². The lowest BCUT2D eigenvalue weighted by atomic mass is 10.0. The Morgan fingerprint density at radius 1 is 0.917 bits per heavy atom. The molecule has 0 amide bonds. The maximum absolute atomic E-state index is 12.9. The van der Waals surface area contributed by atoms with Gasteiger partial charge in [0.05, 0.1) is 12.0 Å². The number of ether oxygens (including phenoxy) is 1. The summed E-state index contributed by atoms with van der Waals surface area (Å²) in [6.07, 6.45) is 0. The van der Waals surface area contributed by atoms with Crippen molar-refractivity contribution in [1.29, 1.82) is 0 Å². The molecule has 0 heterocycles. The molecule has 2 aromatic rings. The number of aryl methyl sites for hydroxylation is 4. The predicted molar refractivity (Wildman–Crippen MR) is 97.1 cm³/mol. The van der Waals surface area contributed by atoms with Crippen LogP contribution in [0.25, 0.3) is 0 Å². The summed E-state index contributed by atoms with van der Waals surface area (Å²) in [5.74, 6) is 0.658. The molecule has 0 fully saturated rings. The van der Waals surface area contributed by atoms with Gasteiger partial charge in [-0.05, 0) is 74.6 Å². The van der Waals surface area contributed by atoms with Gasteiger partial charge in [0, 0.05) is 6.04 Å². The third-order valence-electron chi connectivity index (χ3n) is 4.30. The molecule has 0 unspecified atom stereocenters. The van der Waals surface area contributed by atoms with Gasteiger partial charge in [0.15, 0.2) is 0 Å². The lowest BCUT2D eigenvalue weighted by Crippen LogP contribution is -2.28. The van der Waals surface area contributed by atoms with Crippen LogP contribution >= 0.6 is 0 Å². The van der Waals surface area contributed by atoms with Crippen molar-refractivity contribution in [2.45, 2.75) is 45.6 Å². The van der Waals surface area contributed by atoms with Gasteiger partial charge in [0.1, 0.15) is 5.75 Å². The molecule has 0 aromatic heterocycles. The molecule has 0 aliphatic carbocycles. The summed E-state index contributed by atoms with van der Waals surface area (Å²) in [5.41, 5.74) is 4.63. The number of rotatable bonds is 5. The zero-order valence-electron chi connectivity index (χ0n) is 15.1. The summed E-state index contributed by atoms with van der Waals surface area (Å²) in [6, 6.07) is 9.17. The van der Waals surface area contributed by atoms with E-state index < -0.39 is 10.0 Å². The molecule has 0 bridgehead atoms. The van der Waals surface area contributed by atoms with Gasteiger partial charge >= 0.3 is 0 Å². The van der Waals surface area contributed by atoms with E-state index in [-0.39, 0.29) is 6.04 Å². The fourth-order valence-corrected chi connectivity index (χ4v) is 4.53. The van der Waals surface area contributed by atoms with Gasteiger partial charge in [-0.15, -0.1) is 0 Å². The molecule has 4 nitrogen and oxygen atoms in total. The molecular formula is C19H25NO3S. The molecule has 5 heteroatoms. The van der Waals surface area contributed by atoms with Crippen molar-refractivity contribution < 1.29 is 13.2 Å². The van der Waals surface area contributed by atoms with Gasteiger partial charge in [-0.25, -0.2) is 13.1 Å². The molecule has 2 rings (SSSR count). The highest BCUT2D eigenvalue weighted by atomic mass is 32.2. The largest absolute Gasteiger partial charge is 0.497 e. The van der Waals surface area contributed by atoms with Crippen molar-refractivity contribution in [3.8, 4) is 5.75 Å². The van der Waals surface area contributed by atoms with E-state index in [1.165, 1.54) is 5.56 Å². The Labute approximate surface area is 144 Å². The quantitative estimate of drug-likeness (QED) is 0.890. The van der Waals surface area contributed by atoms with Gasteiger partial charge in [0.25, 0.3) is 0 Å². The molecule has 0 aliphatic heterocycles. The van der Waals surface area contributed by atoms with Crippen LogP contribution in [0.15, 0.2) is 35.2 Å². The monoisotopic (exact) mass is 347 g/mol. The Balaban J connectivity index is 2.36. The summed E-state index contributed by atoms with van der Waals surface area (Å²) in [7, 11) is -2.05. The van der Waals surface area contributed by atoms with E-state index in [0.717, 1.165) is 11.1 Å². The zero-order valence-corrected chi connectivity index (χ0v) is 15.9. The Kier molecular flexibility index (Phi) is 5.35. The Morgan fingerprint density at radius 3 is 2.00 bits per heavy atom. The van der Waals surface area contributed by atoms with Crippen LogP contribution < -0.4 is 9.46 Å². The van der Waals surface area contributed by atoms with E-state index in [0.29, 0.717) is 21.8 Å². The summed E-state index contributed by atoms with van der Waals surface area (Å²) in [6.45, 7) is 9.49. The minimum Gasteiger partial charge on any atom is -0.497 e. The number of hydrogen-bond donors (Lipinski definition) is 1. The van der Waals surface area contributed by atoms with Crippen LogP contribution in [-0.4, -0.2) is 15.5 Å². The van der Waals surface area contributed by atoms with Crippen molar-refractivity contribution >= 4 is 10.0 Å². The average Bonchev–Trinajstić information content (AvgIpc) is 2.48. The number of hydrogen-bond acceptors (Lipinski definition) is 3. The first-order chi connectivity index (χ1) is 11.2. The molecule has 0 aliphatic rings. The third-order valence-corrected chi connectivity index (χ3v) is 6.15. The fraction of sp³-hybridized carbons (Fsp3) is 0.368. The Hall–Kier alpha value is -1.85. The lowest BCUT2D eigenvalue weighted by molar-refractivity contribution is 0.413. The SMILES string of the molecule is COc1cc(C)c(S(=O)(=O)N[C@@H](C)c2ccc(C)c(C)c2)c(C)c1. The normalized spacial score (nSPS) is 12.9. The molecule has 0 spiro atoms. The van der Waals surface area contributed by atoms with Crippen molar-refractivity contribution in [2.24, 2.45) is 0 Å². The first-order valence-corrected chi connectivity index (χ1v) is 9.38. The Morgan fingerprint density at radius 2 is 1.50 bits per heavy atom. The van der Waals surface area contributed by atoms with Crippen molar-refractivity contribution in [1.82, 2.24) is 4.72 Å². The van der Waals surface area contributed by atoms with Crippen LogP contribution in [0.3, 0.4) is 0 Å². The molecule has 1 N–H and O–H groups in total. The second kappa shape index (κ2) is 6.95. The van der Waals surface area contributed by atoms with Crippen molar-refractivity contribution in [3.05, 3.63) is 58.1 Å². The molecule has 0 saturated carbocycles. The smallest absolute Gasteiger partial charge is 0.241 e. The topological polar surface area (TPSA) is 55.4 Å². The second-order valence-corrected chi connectivity index (χ2v) is 7.93. The van der Waals surface area contributed by atoms with Crippen LogP contribution in [0.1, 0.15) is 40.8 Å². The highest BCUT2D eigenvalue weighted by Gasteiger charge is 2.23. The summed E-state index contributed by atoms with van der Waals surface area (Å²) < 4.78 is 33.7. The third kappa shape index (κ3) is 3.79. The summed E-state index contributed by atoms with van der Waals surface area (Å²) >= 11 is 0. The highest BCUT2D eigenvalue weighted by Crippen LogP contribution is 2.27. The molecule has 130 valence electrons. The average molecular weight is 347 g/mol. The maximum atomic E-state index is 12.9. The van der Waals surface area contributed by atoms with Gasteiger partial charge in [-0.1, -0.05) is 18.2 Å². The maximum Gasteiger partial charge on any atom is 0.241 e. The van der Waals surface area contributed by atoms with E-state index in [1.54, 1.807) is 33.1 Å². The molecule has 0 saturated heterocycles. The van der Waals surface area contributed by atoms with Crippen molar-refractivity contribution in [2.75, 3.05) is 7.11 Å². The molecule has 0 radical (unpaired) electrons. The van der Waals surface area contributed by atoms with Crippen LogP contribution in [-0.2, 0) is 10.0 Å². The van der Waals surface area contributed by atoms with Crippen molar-refractivity contribution in [3.63, 3.8) is 0 Å². The minimum atomic E-state index is -3.62. The van der Waals surface area contributed by atoms with Crippen LogP contribution in [0, 0.1) is 27.7 Å².